The molecule has 0 bridgehead atoms. The van der Waals surface area contributed by atoms with E-state index in [9.17, 15) is 4.79 Å². The van der Waals surface area contributed by atoms with Crippen LogP contribution in [0.5, 0.6) is 17.2 Å². The number of rotatable bonds is 10. The van der Waals surface area contributed by atoms with Crippen LogP contribution in [0.25, 0.3) is 6.08 Å². The van der Waals surface area contributed by atoms with Gasteiger partial charge in [0.05, 0.1) is 33.9 Å². The first-order chi connectivity index (χ1) is 14.6. The average molecular weight is 428 g/mol. The molecule has 0 unspecified atom stereocenters. The number of amides is 1. The Morgan fingerprint density at radius 2 is 1.90 bits per heavy atom. The Morgan fingerprint density at radius 1 is 1.13 bits per heavy atom. The van der Waals surface area contributed by atoms with Gasteiger partial charge in [-0.05, 0) is 47.7 Å². The molecule has 30 heavy (non-hydrogen) atoms. The summed E-state index contributed by atoms with van der Waals surface area (Å²) in [6.45, 7) is 1.10. The van der Waals surface area contributed by atoms with Gasteiger partial charge < -0.3 is 23.5 Å². The maximum atomic E-state index is 13.0. The Kier molecular flexibility index (Phi) is 7.57. The summed E-state index contributed by atoms with van der Waals surface area (Å²) < 4.78 is 21.3. The zero-order chi connectivity index (χ0) is 21.3. The largest absolute Gasteiger partial charge is 0.493 e. The van der Waals surface area contributed by atoms with E-state index in [0.29, 0.717) is 30.3 Å². The van der Waals surface area contributed by atoms with E-state index in [1.807, 2.05) is 17.5 Å². The molecule has 2 aromatic heterocycles. The molecule has 0 fully saturated rings. The Bertz CT molecular complexity index is 939. The highest BCUT2D eigenvalue weighted by atomic mass is 32.1. The number of hydrogen-bond donors (Lipinski definition) is 0. The second-order valence-corrected chi connectivity index (χ2v) is 7.55. The zero-order valence-corrected chi connectivity index (χ0v) is 18.1. The molecule has 0 radical (unpaired) electrons. The number of carbonyl (C=O) groups is 1. The van der Waals surface area contributed by atoms with Crippen molar-refractivity contribution >= 4 is 23.3 Å². The van der Waals surface area contributed by atoms with Gasteiger partial charge in [0, 0.05) is 29.6 Å². The number of methoxy groups -OCH3 is 3. The van der Waals surface area contributed by atoms with Crippen LogP contribution in [0.1, 0.15) is 16.0 Å². The highest BCUT2D eigenvalue weighted by Gasteiger charge is 2.15. The molecule has 0 saturated heterocycles. The van der Waals surface area contributed by atoms with Gasteiger partial charge in [-0.15, -0.1) is 11.3 Å². The van der Waals surface area contributed by atoms with E-state index >= 15 is 0 Å². The summed E-state index contributed by atoms with van der Waals surface area (Å²) in [6, 6.07) is 9.58. The van der Waals surface area contributed by atoms with Crippen LogP contribution in [0.4, 0.5) is 0 Å². The van der Waals surface area contributed by atoms with Crippen LogP contribution < -0.4 is 14.2 Å². The molecule has 0 aliphatic carbocycles. The van der Waals surface area contributed by atoms with Crippen LogP contribution in [0.2, 0.25) is 0 Å². The van der Waals surface area contributed by atoms with E-state index in [1.54, 1.807) is 74.4 Å². The van der Waals surface area contributed by atoms with Crippen molar-refractivity contribution in [2.45, 2.75) is 13.0 Å². The number of hydrogen-bond acceptors (Lipinski definition) is 6. The maximum Gasteiger partial charge on any atom is 0.246 e. The summed E-state index contributed by atoms with van der Waals surface area (Å²) in [6.07, 6.45) is 7.39. The van der Waals surface area contributed by atoms with Gasteiger partial charge in [0.15, 0.2) is 11.5 Å². The second-order valence-electron chi connectivity index (χ2n) is 6.51. The molecule has 0 N–H and O–H groups in total. The summed E-state index contributed by atoms with van der Waals surface area (Å²) in [7, 11) is 4.68. The first kappa shape index (κ1) is 21.5. The summed E-state index contributed by atoms with van der Waals surface area (Å²) in [5.41, 5.74) is 1.73. The summed E-state index contributed by atoms with van der Waals surface area (Å²) >= 11 is 1.69. The fourth-order valence-corrected chi connectivity index (χ4v) is 3.74. The third-order valence-corrected chi connectivity index (χ3v) is 5.52. The predicted octanol–water partition coefficient (Wildman–Crippen LogP) is 4.65. The fourth-order valence-electron chi connectivity index (χ4n) is 3.04. The van der Waals surface area contributed by atoms with Crippen LogP contribution in [-0.2, 0) is 17.8 Å². The molecular weight excluding hydrogens is 402 g/mol. The third kappa shape index (κ3) is 5.45. The van der Waals surface area contributed by atoms with E-state index in [0.717, 1.165) is 17.5 Å². The number of benzene rings is 1. The molecule has 3 rings (SSSR count). The van der Waals surface area contributed by atoms with E-state index < -0.39 is 0 Å². The Hall–Kier alpha value is -3.19. The van der Waals surface area contributed by atoms with E-state index in [4.69, 9.17) is 18.6 Å². The first-order valence-corrected chi connectivity index (χ1v) is 10.3. The third-order valence-electron chi connectivity index (χ3n) is 4.58. The Labute approximate surface area is 180 Å². The number of ether oxygens (including phenoxy) is 3. The van der Waals surface area contributed by atoms with Gasteiger partial charge in [-0.25, -0.2) is 0 Å². The molecule has 7 heteroatoms. The average Bonchev–Trinajstić information content (AvgIpc) is 3.48. The van der Waals surface area contributed by atoms with Gasteiger partial charge in [-0.3, -0.25) is 4.79 Å². The quantitative estimate of drug-likeness (QED) is 0.441. The molecule has 1 aromatic carbocycles. The summed E-state index contributed by atoms with van der Waals surface area (Å²) in [4.78, 5) is 16.0. The highest BCUT2D eigenvalue weighted by molar-refractivity contribution is 7.09. The topological polar surface area (TPSA) is 61.1 Å². The summed E-state index contributed by atoms with van der Waals surface area (Å²) in [5.74, 6) is 1.51. The van der Waals surface area contributed by atoms with E-state index in [1.165, 1.54) is 4.88 Å². The van der Waals surface area contributed by atoms with Crippen molar-refractivity contribution in [1.29, 1.82) is 0 Å². The smallest absolute Gasteiger partial charge is 0.246 e. The van der Waals surface area contributed by atoms with Crippen LogP contribution in [0.15, 0.2) is 58.7 Å². The molecule has 158 valence electrons. The van der Waals surface area contributed by atoms with Crippen LogP contribution >= 0.6 is 11.3 Å². The van der Waals surface area contributed by atoms with Crippen molar-refractivity contribution in [1.82, 2.24) is 4.90 Å². The van der Waals surface area contributed by atoms with E-state index in [2.05, 4.69) is 6.07 Å². The highest BCUT2D eigenvalue weighted by Crippen LogP contribution is 2.38. The van der Waals surface area contributed by atoms with Gasteiger partial charge in [0.25, 0.3) is 0 Å². The van der Waals surface area contributed by atoms with Gasteiger partial charge in [-0.2, -0.15) is 0 Å². The van der Waals surface area contributed by atoms with Gasteiger partial charge in [0.2, 0.25) is 11.7 Å². The number of carbonyl (C=O) groups excluding carboxylic acids is 1. The van der Waals surface area contributed by atoms with Gasteiger partial charge in [-0.1, -0.05) is 6.07 Å². The molecule has 1 amide bonds. The second kappa shape index (κ2) is 10.5. The first-order valence-electron chi connectivity index (χ1n) is 9.45. The van der Waals surface area contributed by atoms with Crippen LogP contribution in [-0.4, -0.2) is 38.7 Å². The Morgan fingerprint density at radius 3 is 2.47 bits per heavy atom. The minimum Gasteiger partial charge on any atom is -0.493 e. The lowest BCUT2D eigenvalue weighted by Gasteiger charge is -2.20. The lowest BCUT2D eigenvalue weighted by molar-refractivity contribution is -0.126. The molecule has 3 aromatic rings. The fraction of sp³-hybridized carbons (Fsp3) is 0.261. The minimum absolute atomic E-state index is 0.0819. The van der Waals surface area contributed by atoms with Crippen molar-refractivity contribution in [2.75, 3.05) is 27.9 Å². The Balaban J connectivity index is 1.77. The molecule has 0 aliphatic heterocycles. The molecule has 6 nitrogen and oxygen atoms in total. The van der Waals surface area contributed by atoms with Crippen molar-refractivity contribution in [3.8, 4) is 17.2 Å². The monoisotopic (exact) mass is 427 g/mol. The van der Waals surface area contributed by atoms with Crippen molar-refractivity contribution in [3.05, 3.63) is 70.3 Å². The lowest BCUT2D eigenvalue weighted by atomic mass is 10.1. The molecule has 0 saturated carbocycles. The molecule has 2 heterocycles. The van der Waals surface area contributed by atoms with Crippen LogP contribution in [0.3, 0.4) is 0 Å². The van der Waals surface area contributed by atoms with Gasteiger partial charge in [0.1, 0.15) is 0 Å². The van der Waals surface area contributed by atoms with Crippen molar-refractivity contribution in [3.63, 3.8) is 0 Å². The standard InChI is InChI=1S/C23H25NO5S/c1-26-20-13-17(14-21(27-2)23(20)28-3)6-7-22(25)24(15-18-9-11-29-16-18)10-8-19-5-4-12-30-19/h4-7,9,11-14,16H,8,10,15H2,1-3H3/b7-6+. The van der Waals surface area contributed by atoms with Crippen molar-refractivity contribution < 1.29 is 23.4 Å². The van der Waals surface area contributed by atoms with E-state index in [-0.39, 0.29) is 5.91 Å². The molecular formula is C23H25NO5S. The number of furan rings is 1. The maximum absolute atomic E-state index is 13.0. The van der Waals surface area contributed by atoms with Crippen molar-refractivity contribution in [2.24, 2.45) is 0 Å². The predicted molar refractivity (Wildman–Crippen MR) is 117 cm³/mol. The van der Waals surface area contributed by atoms with Crippen LogP contribution in [0, 0.1) is 0 Å². The number of nitrogens with zero attached hydrogens (tertiary/aromatic N) is 1. The molecule has 0 spiro atoms. The van der Waals surface area contributed by atoms with Gasteiger partial charge >= 0.3 is 0 Å². The zero-order valence-electron chi connectivity index (χ0n) is 17.3. The SMILES string of the molecule is COc1cc(/C=C/C(=O)N(CCc2cccs2)Cc2ccoc2)cc(OC)c1OC. The molecule has 0 atom stereocenters. The minimum atomic E-state index is -0.0819. The lowest BCUT2D eigenvalue weighted by Crippen LogP contribution is -2.30. The normalized spacial score (nSPS) is 10.9. The summed E-state index contributed by atoms with van der Waals surface area (Å²) in [5, 5.41) is 2.04. The molecule has 0 aliphatic rings. The number of thiophene rings is 1.